The third-order valence-corrected chi connectivity index (χ3v) is 4.41. The van der Waals surface area contributed by atoms with E-state index in [1.165, 1.54) is 13.3 Å². The minimum absolute atomic E-state index is 0.0299. The number of benzene rings is 1. The van der Waals surface area contributed by atoms with Gasteiger partial charge in [0.1, 0.15) is 6.10 Å². The van der Waals surface area contributed by atoms with Crippen LogP contribution in [0.4, 0.5) is 0 Å². The van der Waals surface area contributed by atoms with Gasteiger partial charge in [0.2, 0.25) is 5.91 Å². The van der Waals surface area contributed by atoms with Crippen molar-refractivity contribution in [2.45, 2.75) is 65.0 Å². The summed E-state index contributed by atoms with van der Waals surface area (Å²) in [6.07, 6.45) is 4.43. The summed E-state index contributed by atoms with van der Waals surface area (Å²) in [6, 6.07) is 7.54. The van der Waals surface area contributed by atoms with Gasteiger partial charge in [0.15, 0.2) is 0 Å². The maximum Gasteiger partial charge on any atom is 0.308 e. The van der Waals surface area contributed by atoms with E-state index in [4.69, 9.17) is 4.74 Å². The second-order valence-electron chi connectivity index (χ2n) is 6.75. The molecule has 0 radical (unpaired) electrons. The van der Waals surface area contributed by atoms with Crippen molar-refractivity contribution in [2.75, 3.05) is 0 Å². The Morgan fingerprint density at radius 1 is 1.26 bits per heavy atom. The van der Waals surface area contributed by atoms with Crippen LogP contribution in [0.1, 0.15) is 63.1 Å². The zero-order chi connectivity index (χ0) is 16.8. The van der Waals surface area contributed by atoms with Crippen molar-refractivity contribution in [3.05, 3.63) is 35.4 Å². The van der Waals surface area contributed by atoms with Crippen LogP contribution in [-0.4, -0.2) is 18.0 Å². The first-order valence-corrected chi connectivity index (χ1v) is 8.47. The van der Waals surface area contributed by atoms with E-state index in [0.717, 1.165) is 30.4 Å². The van der Waals surface area contributed by atoms with Crippen LogP contribution < -0.4 is 5.32 Å². The summed E-state index contributed by atoms with van der Waals surface area (Å²) in [5, 5.41) is 2.85. The van der Waals surface area contributed by atoms with Gasteiger partial charge in [0.25, 0.3) is 0 Å². The van der Waals surface area contributed by atoms with Crippen LogP contribution in [-0.2, 0) is 14.3 Å². The number of esters is 1. The van der Waals surface area contributed by atoms with Gasteiger partial charge in [-0.25, -0.2) is 0 Å². The summed E-state index contributed by atoms with van der Waals surface area (Å²) in [4.78, 5) is 23.7. The van der Waals surface area contributed by atoms with E-state index in [1.54, 1.807) is 0 Å². The summed E-state index contributed by atoms with van der Waals surface area (Å²) < 4.78 is 5.63. The fraction of sp³-hybridized carbons (Fsp3) is 0.579. The molecule has 23 heavy (non-hydrogen) atoms. The fourth-order valence-electron chi connectivity index (χ4n) is 3.18. The molecule has 2 rings (SSSR count). The molecule has 1 fully saturated rings. The minimum atomic E-state index is -0.332. The summed E-state index contributed by atoms with van der Waals surface area (Å²) in [7, 11) is 0. The lowest BCUT2D eigenvalue weighted by atomic mass is 9.89. The molecule has 1 aromatic carbocycles. The molecular weight excluding hydrogens is 290 g/mol. The van der Waals surface area contributed by atoms with Crippen LogP contribution in [0.15, 0.2) is 24.3 Å². The SMILES string of the molecule is CC(=O)NC(CC(=O)OC1CCCC(C)C1)c1ccc(C)cc1. The normalized spacial score (nSPS) is 22.2. The number of rotatable bonds is 5. The first kappa shape index (κ1) is 17.5. The van der Waals surface area contributed by atoms with Gasteiger partial charge in [-0.2, -0.15) is 0 Å². The predicted octanol–water partition coefficient (Wildman–Crippen LogP) is 3.68. The van der Waals surface area contributed by atoms with E-state index in [0.29, 0.717) is 5.92 Å². The van der Waals surface area contributed by atoms with Crippen molar-refractivity contribution in [3.63, 3.8) is 0 Å². The number of carbonyl (C=O) groups excluding carboxylic acids is 2. The van der Waals surface area contributed by atoms with Crippen LogP contribution in [0.25, 0.3) is 0 Å². The highest BCUT2D eigenvalue weighted by molar-refractivity contribution is 5.76. The third kappa shape index (κ3) is 5.70. The average molecular weight is 317 g/mol. The summed E-state index contributed by atoms with van der Waals surface area (Å²) in [6.45, 7) is 5.68. The first-order valence-electron chi connectivity index (χ1n) is 8.47. The van der Waals surface area contributed by atoms with E-state index in [2.05, 4.69) is 12.2 Å². The number of hydrogen-bond acceptors (Lipinski definition) is 3. The Bertz CT molecular complexity index is 538. The molecule has 1 saturated carbocycles. The molecule has 4 nitrogen and oxygen atoms in total. The highest BCUT2D eigenvalue weighted by atomic mass is 16.5. The zero-order valence-electron chi connectivity index (χ0n) is 14.3. The minimum Gasteiger partial charge on any atom is -0.462 e. The van der Waals surface area contributed by atoms with Crippen molar-refractivity contribution in [2.24, 2.45) is 5.92 Å². The molecule has 0 aliphatic heterocycles. The molecule has 126 valence electrons. The number of amides is 1. The molecule has 4 heteroatoms. The van der Waals surface area contributed by atoms with Crippen molar-refractivity contribution in [3.8, 4) is 0 Å². The number of hydrogen-bond donors (Lipinski definition) is 1. The van der Waals surface area contributed by atoms with Crippen molar-refractivity contribution in [1.82, 2.24) is 5.32 Å². The molecule has 1 aliphatic rings. The second kappa shape index (κ2) is 8.14. The quantitative estimate of drug-likeness (QED) is 0.843. The van der Waals surface area contributed by atoms with Crippen molar-refractivity contribution >= 4 is 11.9 Å². The molecule has 3 unspecified atom stereocenters. The maximum atomic E-state index is 12.3. The smallest absolute Gasteiger partial charge is 0.308 e. The van der Waals surface area contributed by atoms with Crippen LogP contribution in [0, 0.1) is 12.8 Å². The standard InChI is InChI=1S/C19H27NO3/c1-13-7-9-16(10-8-13)18(20-15(3)21)12-19(22)23-17-6-4-5-14(2)11-17/h7-10,14,17-18H,4-6,11-12H2,1-3H3,(H,20,21). The largest absolute Gasteiger partial charge is 0.462 e. The van der Waals surface area contributed by atoms with Gasteiger partial charge in [-0.3, -0.25) is 9.59 Å². The van der Waals surface area contributed by atoms with E-state index in [1.807, 2.05) is 31.2 Å². The lowest BCUT2D eigenvalue weighted by Crippen LogP contribution is -2.30. The maximum absolute atomic E-state index is 12.3. The van der Waals surface area contributed by atoms with Crippen LogP contribution in [0.5, 0.6) is 0 Å². The van der Waals surface area contributed by atoms with Crippen LogP contribution in [0.3, 0.4) is 0 Å². The second-order valence-corrected chi connectivity index (χ2v) is 6.75. The summed E-state index contributed by atoms with van der Waals surface area (Å²) >= 11 is 0. The Kier molecular flexibility index (Phi) is 6.20. The van der Waals surface area contributed by atoms with Gasteiger partial charge < -0.3 is 10.1 Å². The van der Waals surface area contributed by atoms with Gasteiger partial charge in [-0.1, -0.05) is 43.2 Å². The highest BCUT2D eigenvalue weighted by Gasteiger charge is 2.24. The molecule has 1 aliphatic carbocycles. The van der Waals surface area contributed by atoms with Gasteiger partial charge in [0.05, 0.1) is 12.5 Å². The van der Waals surface area contributed by atoms with Crippen molar-refractivity contribution < 1.29 is 14.3 Å². The molecule has 0 heterocycles. The van der Waals surface area contributed by atoms with Gasteiger partial charge in [-0.15, -0.1) is 0 Å². The molecule has 1 aromatic rings. The number of nitrogens with one attached hydrogen (secondary N) is 1. The topological polar surface area (TPSA) is 55.4 Å². The Balaban J connectivity index is 1.97. The van der Waals surface area contributed by atoms with Crippen LogP contribution >= 0.6 is 0 Å². The molecule has 3 atom stereocenters. The molecule has 0 aromatic heterocycles. The summed E-state index contributed by atoms with van der Waals surface area (Å²) in [5.74, 6) is 0.239. The zero-order valence-corrected chi connectivity index (χ0v) is 14.3. The van der Waals surface area contributed by atoms with Crippen molar-refractivity contribution in [1.29, 1.82) is 0 Å². The molecule has 1 N–H and O–H groups in total. The van der Waals surface area contributed by atoms with E-state index in [-0.39, 0.29) is 30.4 Å². The Hall–Kier alpha value is -1.84. The molecule has 0 bridgehead atoms. The van der Waals surface area contributed by atoms with E-state index >= 15 is 0 Å². The first-order chi connectivity index (χ1) is 10.9. The van der Waals surface area contributed by atoms with Gasteiger partial charge in [0, 0.05) is 6.92 Å². The Morgan fingerprint density at radius 2 is 1.96 bits per heavy atom. The number of carbonyl (C=O) groups is 2. The molecule has 1 amide bonds. The van der Waals surface area contributed by atoms with Gasteiger partial charge in [-0.05, 0) is 37.7 Å². The Morgan fingerprint density at radius 3 is 2.57 bits per heavy atom. The third-order valence-electron chi connectivity index (χ3n) is 4.41. The van der Waals surface area contributed by atoms with E-state index in [9.17, 15) is 9.59 Å². The average Bonchev–Trinajstić information content (AvgIpc) is 2.46. The fourth-order valence-corrected chi connectivity index (χ4v) is 3.18. The molecule has 0 spiro atoms. The molecule has 0 saturated heterocycles. The Labute approximate surface area is 138 Å². The monoisotopic (exact) mass is 317 g/mol. The van der Waals surface area contributed by atoms with Gasteiger partial charge >= 0.3 is 5.97 Å². The van der Waals surface area contributed by atoms with Crippen LogP contribution in [0.2, 0.25) is 0 Å². The number of aryl methyl sites for hydroxylation is 1. The lowest BCUT2D eigenvalue weighted by Gasteiger charge is -2.27. The summed E-state index contributed by atoms with van der Waals surface area (Å²) in [5.41, 5.74) is 2.08. The molecular formula is C19H27NO3. The highest BCUT2D eigenvalue weighted by Crippen LogP contribution is 2.27. The predicted molar refractivity (Wildman–Crippen MR) is 89.9 cm³/mol. The number of ether oxygens (including phenoxy) is 1. The van der Waals surface area contributed by atoms with E-state index < -0.39 is 0 Å². The lowest BCUT2D eigenvalue weighted by molar-refractivity contribution is -0.151.